The lowest BCUT2D eigenvalue weighted by atomic mass is 9.86. The number of hydrogen-bond acceptors (Lipinski definition) is 3. The Labute approximate surface area is 120 Å². The molecule has 0 heterocycles. The first-order valence-electron chi connectivity index (χ1n) is 7.40. The number of ether oxygens (including phenoxy) is 1. The molecule has 4 heteroatoms. The molecule has 0 spiro atoms. The summed E-state index contributed by atoms with van der Waals surface area (Å²) in [6.07, 6.45) is 2.80. The van der Waals surface area contributed by atoms with Crippen molar-refractivity contribution in [1.29, 1.82) is 0 Å². The van der Waals surface area contributed by atoms with Gasteiger partial charge in [0.1, 0.15) is 6.61 Å². The molecular formula is C16H24N2O2. The second-order valence-electron chi connectivity index (χ2n) is 5.55. The average Bonchev–Trinajstić information content (AvgIpc) is 2.43. The minimum atomic E-state index is -0.319. The van der Waals surface area contributed by atoms with Crippen molar-refractivity contribution in [2.45, 2.75) is 57.8 Å². The Bertz CT molecular complexity index is 416. The smallest absolute Gasteiger partial charge is 0.407 e. The van der Waals surface area contributed by atoms with E-state index in [-0.39, 0.29) is 12.1 Å². The number of carbonyl (C=O) groups excluding carboxylic acids is 1. The first-order valence-corrected chi connectivity index (χ1v) is 7.40. The molecule has 0 bridgehead atoms. The molecule has 0 saturated heterocycles. The second-order valence-corrected chi connectivity index (χ2v) is 5.55. The van der Waals surface area contributed by atoms with Gasteiger partial charge in [-0.1, -0.05) is 37.3 Å². The average molecular weight is 276 g/mol. The van der Waals surface area contributed by atoms with Crippen LogP contribution in [0.15, 0.2) is 30.3 Å². The van der Waals surface area contributed by atoms with E-state index in [4.69, 9.17) is 4.74 Å². The van der Waals surface area contributed by atoms with Gasteiger partial charge in [-0.05, 0) is 31.7 Å². The normalized spacial score (nSPS) is 22.7. The Morgan fingerprint density at radius 2 is 2.00 bits per heavy atom. The quantitative estimate of drug-likeness (QED) is 0.840. The minimum Gasteiger partial charge on any atom is -0.445 e. The summed E-state index contributed by atoms with van der Waals surface area (Å²) in [7, 11) is 0. The Balaban J connectivity index is 1.60. The number of benzene rings is 1. The Hall–Kier alpha value is -1.55. The van der Waals surface area contributed by atoms with E-state index in [0.29, 0.717) is 18.7 Å². The van der Waals surface area contributed by atoms with E-state index in [1.165, 1.54) is 0 Å². The van der Waals surface area contributed by atoms with Gasteiger partial charge in [0, 0.05) is 18.1 Å². The molecular weight excluding hydrogens is 252 g/mol. The number of nitrogens with one attached hydrogen (secondary N) is 2. The van der Waals surface area contributed by atoms with Gasteiger partial charge in [0.25, 0.3) is 0 Å². The van der Waals surface area contributed by atoms with Gasteiger partial charge in [0.05, 0.1) is 0 Å². The van der Waals surface area contributed by atoms with E-state index < -0.39 is 0 Å². The fourth-order valence-corrected chi connectivity index (χ4v) is 2.32. The first kappa shape index (κ1) is 14.9. The summed E-state index contributed by atoms with van der Waals surface area (Å²) >= 11 is 0. The summed E-state index contributed by atoms with van der Waals surface area (Å²) in [5.41, 5.74) is 1.01. The lowest BCUT2D eigenvalue weighted by molar-refractivity contribution is 0.124. The summed E-state index contributed by atoms with van der Waals surface area (Å²) in [5.74, 6) is 0. The zero-order valence-corrected chi connectivity index (χ0v) is 12.3. The van der Waals surface area contributed by atoms with Gasteiger partial charge >= 0.3 is 6.09 Å². The zero-order chi connectivity index (χ0) is 14.4. The highest BCUT2D eigenvalue weighted by atomic mass is 16.5. The number of alkyl carbamates (subject to hydrolysis) is 1. The standard InChI is InChI=1S/C16H24N2O2/c1-3-12(2)17-14-9-15(10-14)18-16(19)20-11-13-7-5-4-6-8-13/h4-8,12,14-15,17H,3,9-11H2,1-2H3,(H,18,19). The van der Waals surface area contributed by atoms with E-state index in [0.717, 1.165) is 24.8 Å². The van der Waals surface area contributed by atoms with Crippen molar-refractivity contribution in [3.63, 3.8) is 0 Å². The van der Waals surface area contributed by atoms with Gasteiger partial charge in [-0.25, -0.2) is 4.79 Å². The molecule has 1 aromatic carbocycles. The van der Waals surface area contributed by atoms with Crippen molar-refractivity contribution in [1.82, 2.24) is 10.6 Å². The summed E-state index contributed by atoms with van der Waals surface area (Å²) in [5, 5.41) is 6.44. The summed E-state index contributed by atoms with van der Waals surface area (Å²) in [6, 6.07) is 11.0. The Morgan fingerprint density at radius 1 is 1.30 bits per heavy atom. The molecule has 1 aliphatic rings. The molecule has 20 heavy (non-hydrogen) atoms. The third-order valence-corrected chi connectivity index (χ3v) is 3.81. The molecule has 1 atom stereocenters. The SMILES string of the molecule is CCC(C)NC1CC(NC(=O)OCc2ccccc2)C1. The maximum atomic E-state index is 11.7. The van der Waals surface area contributed by atoms with Crippen molar-refractivity contribution >= 4 is 6.09 Å². The number of amides is 1. The molecule has 4 nitrogen and oxygen atoms in total. The number of carbonyl (C=O) groups is 1. The van der Waals surface area contributed by atoms with Crippen molar-refractivity contribution in [3.8, 4) is 0 Å². The largest absolute Gasteiger partial charge is 0.445 e. The molecule has 1 fully saturated rings. The van der Waals surface area contributed by atoms with E-state index >= 15 is 0 Å². The molecule has 0 aromatic heterocycles. The summed E-state index contributed by atoms with van der Waals surface area (Å²) in [6.45, 7) is 4.69. The van der Waals surface area contributed by atoms with Crippen LogP contribution in [0.4, 0.5) is 4.79 Å². The Kier molecular flexibility index (Phi) is 5.41. The van der Waals surface area contributed by atoms with Crippen LogP contribution in [0.5, 0.6) is 0 Å². The highest BCUT2D eigenvalue weighted by Gasteiger charge is 2.30. The van der Waals surface area contributed by atoms with Crippen molar-refractivity contribution in [2.75, 3.05) is 0 Å². The number of rotatable bonds is 6. The van der Waals surface area contributed by atoms with Crippen LogP contribution in [0, 0.1) is 0 Å². The van der Waals surface area contributed by atoms with E-state index in [1.54, 1.807) is 0 Å². The topological polar surface area (TPSA) is 50.4 Å². The van der Waals surface area contributed by atoms with Crippen LogP contribution in [0.1, 0.15) is 38.7 Å². The van der Waals surface area contributed by atoms with Gasteiger partial charge < -0.3 is 15.4 Å². The molecule has 0 radical (unpaired) electrons. The fraction of sp³-hybridized carbons (Fsp3) is 0.562. The van der Waals surface area contributed by atoms with Crippen LogP contribution in [-0.2, 0) is 11.3 Å². The van der Waals surface area contributed by atoms with Gasteiger partial charge in [-0.15, -0.1) is 0 Å². The van der Waals surface area contributed by atoms with Crippen molar-refractivity contribution < 1.29 is 9.53 Å². The van der Waals surface area contributed by atoms with Crippen LogP contribution >= 0.6 is 0 Å². The maximum Gasteiger partial charge on any atom is 0.407 e. The van der Waals surface area contributed by atoms with E-state index in [1.807, 2.05) is 30.3 Å². The van der Waals surface area contributed by atoms with Gasteiger partial charge in [-0.3, -0.25) is 0 Å². The third kappa shape index (κ3) is 4.53. The second kappa shape index (κ2) is 7.29. The minimum absolute atomic E-state index is 0.250. The monoisotopic (exact) mass is 276 g/mol. The van der Waals surface area contributed by atoms with E-state index in [9.17, 15) is 4.79 Å². The predicted octanol–water partition coefficient (Wildman–Crippen LogP) is 2.83. The molecule has 2 rings (SSSR count). The molecule has 110 valence electrons. The van der Waals surface area contributed by atoms with Crippen LogP contribution in [-0.4, -0.2) is 24.2 Å². The lowest BCUT2D eigenvalue weighted by Crippen LogP contribution is -2.54. The predicted molar refractivity (Wildman–Crippen MR) is 79.5 cm³/mol. The van der Waals surface area contributed by atoms with Gasteiger partial charge in [0.15, 0.2) is 0 Å². The first-order chi connectivity index (χ1) is 9.67. The van der Waals surface area contributed by atoms with Crippen LogP contribution in [0.25, 0.3) is 0 Å². The molecule has 1 saturated carbocycles. The molecule has 1 aromatic rings. The molecule has 0 aliphatic heterocycles. The van der Waals surface area contributed by atoms with E-state index in [2.05, 4.69) is 24.5 Å². The Morgan fingerprint density at radius 3 is 2.65 bits per heavy atom. The number of hydrogen-bond donors (Lipinski definition) is 2. The van der Waals surface area contributed by atoms with Crippen LogP contribution in [0.2, 0.25) is 0 Å². The third-order valence-electron chi connectivity index (χ3n) is 3.81. The van der Waals surface area contributed by atoms with Crippen molar-refractivity contribution in [3.05, 3.63) is 35.9 Å². The molecule has 1 aliphatic carbocycles. The summed E-state index contributed by atoms with van der Waals surface area (Å²) in [4.78, 5) is 11.7. The van der Waals surface area contributed by atoms with Crippen molar-refractivity contribution in [2.24, 2.45) is 0 Å². The highest BCUT2D eigenvalue weighted by molar-refractivity contribution is 5.67. The maximum absolute atomic E-state index is 11.7. The van der Waals surface area contributed by atoms with Crippen LogP contribution < -0.4 is 10.6 Å². The fourth-order valence-electron chi connectivity index (χ4n) is 2.32. The summed E-state index contributed by atoms with van der Waals surface area (Å²) < 4.78 is 5.20. The van der Waals surface area contributed by atoms with Gasteiger partial charge in [-0.2, -0.15) is 0 Å². The zero-order valence-electron chi connectivity index (χ0n) is 12.3. The lowest BCUT2D eigenvalue weighted by Gasteiger charge is -2.37. The van der Waals surface area contributed by atoms with Crippen LogP contribution in [0.3, 0.4) is 0 Å². The highest BCUT2D eigenvalue weighted by Crippen LogP contribution is 2.21. The molecule has 2 N–H and O–H groups in total. The molecule has 1 amide bonds. The molecule has 1 unspecified atom stereocenters. The van der Waals surface area contributed by atoms with Gasteiger partial charge in [0.2, 0.25) is 0 Å².